The van der Waals surface area contributed by atoms with Gasteiger partial charge in [0.05, 0.1) is 57.0 Å². The molecule has 6 rings (SSSR count). The van der Waals surface area contributed by atoms with Gasteiger partial charge in [-0.2, -0.15) is 13.2 Å². The van der Waals surface area contributed by atoms with Gasteiger partial charge in [0, 0.05) is 11.4 Å². The van der Waals surface area contributed by atoms with Crippen molar-refractivity contribution in [1.29, 1.82) is 0 Å². The largest absolute Gasteiger partial charge is 0.416 e. The van der Waals surface area contributed by atoms with Crippen molar-refractivity contribution in [3.05, 3.63) is 95.6 Å². The smallest absolute Gasteiger partial charge is 0.352 e. The van der Waals surface area contributed by atoms with Crippen LogP contribution in [-0.2, 0) is 6.18 Å². The maximum Gasteiger partial charge on any atom is 0.416 e. The zero-order chi connectivity index (χ0) is 27.9. The SMILES string of the molecule is Cc1ccc(Nc2cc3nc4ccccc4n(-c4ccc(C(F)(F)F)cc4)c-3c/c2=N\C2CCN(C)CC2)cn1. The number of rotatable bonds is 4. The summed E-state index contributed by atoms with van der Waals surface area (Å²) in [6, 6.07) is 20.9. The highest BCUT2D eigenvalue weighted by atomic mass is 19.4. The lowest BCUT2D eigenvalue weighted by Crippen LogP contribution is -2.33. The second-order valence-corrected chi connectivity index (χ2v) is 10.3. The minimum atomic E-state index is -4.41. The molecule has 3 aliphatic rings. The second-order valence-electron chi connectivity index (χ2n) is 10.3. The van der Waals surface area contributed by atoms with Crippen LogP contribution in [0.15, 0.2) is 84.0 Å². The summed E-state index contributed by atoms with van der Waals surface area (Å²) < 4.78 is 41.9. The summed E-state index contributed by atoms with van der Waals surface area (Å²) in [6.45, 7) is 3.89. The van der Waals surface area contributed by atoms with Crippen molar-refractivity contribution in [2.75, 3.05) is 25.5 Å². The van der Waals surface area contributed by atoms with Crippen LogP contribution in [0.1, 0.15) is 24.1 Å². The Kier molecular flexibility index (Phi) is 6.75. The monoisotopic (exact) mass is 542 g/mol. The van der Waals surface area contributed by atoms with Gasteiger partial charge in [-0.25, -0.2) is 4.98 Å². The van der Waals surface area contributed by atoms with Crippen molar-refractivity contribution in [2.24, 2.45) is 4.99 Å². The molecule has 0 unspecified atom stereocenters. The average molecular weight is 543 g/mol. The van der Waals surface area contributed by atoms with Crippen molar-refractivity contribution in [3.8, 4) is 17.1 Å². The Morgan fingerprint density at radius 3 is 2.40 bits per heavy atom. The molecule has 9 heteroatoms. The molecule has 2 aromatic carbocycles. The van der Waals surface area contributed by atoms with Crippen LogP contribution in [0, 0.1) is 6.92 Å². The molecule has 6 nitrogen and oxygen atoms in total. The lowest BCUT2D eigenvalue weighted by atomic mass is 10.1. The molecular formula is C31H29F3N6. The minimum Gasteiger partial charge on any atom is -0.352 e. The van der Waals surface area contributed by atoms with E-state index in [4.69, 9.17) is 9.98 Å². The molecule has 204 valence electrons. The molecule has 1 saturated heterocycles. The van der Waals surface area contributed by atoms with Crippen LogP contribution >= 0.6 is 0 Å². The van der Waals surface area contributed by atoms with Crippen LogP contribution in [0.4, 0.5) is 24.5 Å². The van der Waals surface area contributed by atoms with Crippen molar-refractivity contribution in [2.45, 2.75) is 32.0 Å². The van der Waals surface area contributed by atoms with E-state index in [-0.39, 0.29) is 6.04 Å². The Balaban J connectivity index is 1.57. The number of likely N-dealkylation sites (tertiary alicyclic amines) is 1. The number of nitrogens with one attached hydrogen (secondary N) is 1. The topological polar surface area (TPSA) is 58.3 Å². The molecule has 1 N–H and O–H groups in total. The van der Waals surface area contributed by atoms with Crippen LogP contribution < -0.4 is 10.7 Å². The molecule has 1 aromatic heterocycles. The highest BCUT2D eigenvalue weighted by molar-refractivity contribution is 5.84. The number of pyridine rings is 1. The fourth-order valence-corrected chi connectivity index (χ4v) is 5.14. The number of halogens is 3. The number of fused-ring (bicyclic) bond motifs is 2. The molecular weight excluding hydrogens is 513 g/mol. The summed E-state index contributed by atoms with van der Waals surface area (Å²) in [7, 11) is 2.12. The van der Waals surface area contributed by atoms with Crippen LogP contribution in [-0.4, -0.2) is 45.6 Å². The van der Waals surface area contributed by atoms with Gasteiger partial charge in [-0.3, -0.25) is 9.98 Å². The zero-order valence-corrected chi connectivity index (χ0v) is 22.3. The summed E-state index contributed by atoms with van der Waals surface area (Å²) in [5, 5.41) is 4.26. The maximum atomic E-state index is 13.3. The number of alkyl halides is 3. The lowest BCUT2D eigenvalue weighted by molar-refractivity contribution is -0.137. The molecule has 0 saturated carbocycles. The number of hydrogen-bond donors (Lipinski definition) is 1. The van der Waals surface area contributed by atoms with Gasteiger partial charge in [0.1, 0.15) is 0 Å². The highest BCUT2D eigenvalue weighted by Crippen LogP contribution is 2.33. The predicted molar refractivity (Wildman–Crippen MR) is 151 cm³/mol. The van der Waals surface area contributed by atoms with Crippen molar-refractivity contribution < 1.29 is 13.2 Å². The Labute approximate surface area is 230 Å². The van der Waals surface area contributed by atoms with Crippen LogP contribution in [0.3, 0.4) is 0 Å². The minimum absolute atomic E-state index is 0.165. The van der Waals surface area contributed by atoms with Crippen molar-refractivity contribution in [3.63, 3.8) is 0 Å². The van der Waals surface area contributed by atoms with Crippen molar-refractivity contribution in [1.82, 2.24) is 19.4 Å². The zero-order valence-electron chi connectivity index (χ0n) is 22.3. The normalized spacial score (nSPS) is 15.7. The third-order valence-electron chi connectivity index (χ3n) is 7.35. The molecule has 1 aliphatic carbocycles. The second kappa shape index (κ2) is 10.4. The number of benzene rings is 3. The fourth-order valence-electron chi connectivity index (χ4n) is 5.14. The van der Waals surface area contributed by atoms with Crippen LogP contribution in [0.2, 0.25) is 0 Å². The van der Waals surface area contributed by atoms with Gasteiger partial charge >= 0.3 is 6.18 Å². The third-order valence-corrected chi connectivity index (χ3v) is 7.35. The molecule has 3 heterocycles. The summed E-state index contributed by atoms with van der Waals surface area (Å²) in [4.78, 5) is 16.8. The van der Waals surface area contributed by atoms with E-state index in [1.54, 1.807) is 6.20 Å². The van der Waals surface area contributed by atoms with Gasteiger partial charge in [-0.1, -0.05) is 12.1 Å². The Morgan fingerprint density at radius 2 is 1.70 bits per heavy atom. The van der Waals surface area contributed by atoms with E-state index < -0.39 is 11.7 Å². The van der Waals surface area contributed by atoms with Gasteiger partial charge in [0.15, 0.2) is 0 Å². The summed E-state index contributed by atoms with van der Waals surface area (Å²) >= 11 is 0. The van der Waals surface area contributed by atoms with E-state index in [9.17, 15) is 13.2 Å². The quantitative estimate of drug-likeness (QED) is 0.260. The van der Waals surface area contributed by atoms with Crippen LogP contribution in [0.5, 0.6) is 0 Å². The molecule has 0 bridgehead atoms. The molecule has 3 aromatic rings. The molecule has 0 atom stereocenters. The fraction of sp³-hybridized carbons (Fsp3) is 0.258. The first-order valence-electron chi connectivity index (χ1n) is 13.3. The Morgan fingerprint density at radius 1 is 0.950 bits per heavy atom. The Bertz CT molecular complexity index is 1680. The number of aryl methyl sites for hydroxylation is 1. The number of anilines is 2. The molecule has 2 aliphatic heterocycles. The first kappa shape index (κ1) is 26.0. The first-order chi connectivity index (χ1) is 19.2. The molecule has 40 heavy (non-hydrogen) atoms. The number of para-hydroxylation sites is 2. The first-order valence-corrected chi connectivity index (χ1v) is 13.3. The Hall–Kier alpha value is -4.24. The lowest BCUT2D eigenvalue weighted by Gasteiger charge is -2.26. The maximum absolute atomic E-state index is 13.3. The average Bonchev–Trinajstić information content (AvgIpc) is 2.94. The number of piperidine rings is 1. The third kappa shape index (κ3) is 5.29. The van der Waals surface area contributed by atoms with E-state index in [0.29, 0.717) is 11.4 Å². The highest BCUT2D eigenvalue weighted by Gasteiger charge is 2.30. The summed E-state index contributed by atoms with van der Waals surface area (Å²) in [6.07, 6.45) is -0.712. The van der Waals surface area contributed by atoms with E-state index in [0.717, 1.165) is 77.2 Å². The van der Waals surface area contributed by atoms with E-state index in [2.05, 4.69) is 22.2 Å². The number of aromatic nitrogens is 3. The summed E-state index contributed by atoms with van der Waals surface area (Å²) in [5.41, 5.74) is 5.48. The number of nitrogens with zero attached hydrogens (tertiary/aromatic N) is 5. The molecule has 0 amide bonds. The van der Waals surface area contributed by atoms with Crippen LogP contribution in [0.25, 0.3) is 28.1 Å². The van der Waals surface area contributed by atoms with Gasteiger partial charge in [0.2, 0.25) is 0 Å². The molecule has 0 spiro atoms. The van der Waals surface area contributed by atoms with E-state index in [1.807, 2.05) is 60.0 Å². The van der Waals surface area contributed by atoms with E-state index >= 15 is 0 Å². The summed E-state index contributed by atoms with van der Waals surface area (Å²) in [5.74, 6) is 0. The van der Waals surface area contributed by atoms with Gasteiger partial charge in [0.25, 0.3) is 0 Å². The van der Waals surface area contributed by atoms with Crippen molar-refractivity contribution >= 4 is 22.4 Å². The van der Waals surface area contributed by atoms with E-state index in [1.165, 1.54) is 12.1 Å². The predicted octanol–water partition coefficient (Wildman–Crippen LogP) is 6.59. The van der Waals surface area contributed by atoms with Gasteiger partial charge < -0.3 is 14.8 Å². The van der Waals surface area contributed by atoms with Gasteiger partial charge in [-0.15, -0.1) is 0 Å². The van der Waals surface area contributed by atoms with Gasteiger partial charge in [-0.05, 0) is 101 Å². The molecule has 1 fully saturated rings. The molecule has 0 radical (unpaired) electrons. The number of hydrogen-bond acceptors (Lipinski definition) is 5. The standard InChI is InChI=1S/C31H29F3N6/c1-20-7-10-23(19-35-20)37-26-17-28-30(18-27(26)36-22-13-15-39(2)16-14-22)40(29-6-4-3-5-25(29)38-28)24-11-8-21(9-12-24)31(32,33)34/h3-12,17-19,22,37H,13-16H2,1-2H3/b36-27+.